The minimum Gasteiger partial charge on any atom is -0.288 e. The molecular formula is C17H18OS. The van der Waals surface area contributed by atoms with E-state index in [2.05, 4.69) is 19.1 Å². The normalized spacial score (nSPS) is 14.2. The standard InChI is InChI=1S/C17H18OS/c1-2-12-6-5-8-14(10-12)17(18)16-11-13-7-3-4-9-15(13)19-16/h5-6,8,10-11H,2-4,7,9H2,1H3. The van der Waals surface area contributed by atoms with Crippen LogP contribution in [-0.2, 0) is 19.3 Å². The molecule has 0 aliphatic heterocycles. The Bertz CT molecular complexity index is 586. The van der Waals surface area contributed by atoms with E-state index in [1.807, 2.05) is 18.2 Å². The third-order valence-electron chi connectivity index (χ3n) is 3.82. The molecule has 0 fully saturated rings. The molecule has 0 amide bonds. The quantitative estimate of drug-likeness (QED) is 0.754. The lowest BCUT2D eigenvalue weighted by Crippen LogP contribution is -1.99. The molecule has 0 saturated heterocycles. The van der Waals surface area contributed by atoms with Crippen molar-refractivity contribution in [3.8, 4) is 0 Å². The SMILES string of the molecule is CCc1cccc(C(=O)c2cc3c(s2)CCCC3)c1. The van der Waals surface area contributed by atoms with Gasteiger partial charge in [-0.05, 0) is 55.4 Å². The molecule has 1 aliphatic carbocycles. The van der Waals surface area contributed by atoms with Crippen LogP contribution in [0.5, 0.6) is 0 Å². The fourth-order valence-corrected chi connectivity index (χ4v) is 3.89. The molecule has 1 nitrogen and oxygen atoms in total. The summed E-state index contributed by atoms with van der Waals surface area (Å²) in [4.78, 5) is 14.9. The molecular weight excluding hydrogens is 252 g/mol. The van der Waals surface area contributed by atoms with E-state index < -0.39 is 0 Å². The first-order chi connectivity index (χ1) is 9.28. The van der Waals surface area contributed by atoms with Crippen molar-refractivity contribution < 1.29 is 4.79 Å². The molecule has 2 aromatic rings. The van der Waals surface area contributed by atoms with Crippen molar-refractivity contribution in [2.24, 2.45) is 0 Å². The number of aryl methyl sites for hydroxylation is 3. The highest BCUT2D eigenvalue weighted by atomic mass is 32.1. The Labute approximate surface area is 118 Å². The first-order valence-corrected chi connectivity index (χ1v) is 7.85. The van der Waals surface area contributed by atoms with Crippen LogP contribution in [0.3, 0.4) is 0 Å². The Hall–Kier alpha value is -1.41. The van der Waals surface area contributed by atoms with Gasteiger partial charge in [-0.15, -0.1) is 11.3 Å². The van der Waals surface area contributed by atoms with Gasteiger partial charge >= 0.3 is 0 Å². The predicted molar refractivity (Wildman–Crippen MR) is 80.2 cm³/mol. The fraction of sp³-hybridized carbons (Fsp3) is 0.353. The second-order valence-electron chi connectivity index (χ2n) is 5.15. The number of hydrogen-bond acceptors (Lipinski definition) is 2. The van der Waals surface area contributed by atoms with Crippen molar-refractivity contribution in [2.45, 2.75) is 39.0 Å². The Morgan fingerprint density at radius 2 is 2.05 bits per heavy atom. The fourth-order valence-electron chi connectivity index (χ4n) is 2.68. The molecule has 1 heterocycles. The zero-order valence-corrected chi connectivity index (χ0v) is 12.1. The zero-order chi connectivity index (χ0) is 13.2. The lowest BCUT2D eigenvalue weighted by molar-refractivity contribution is 0.104. The highest BCUT2D eigenvalue weighted by Gasteiger charge is 2.18. The highest BCUT2D eigenvalue weighted by Crippen LogP contribution is 2.31. The number of carbonyl (C=O) groups is 1. The summed E-state index contributed by atoms with van der Waals surface area (Å²) in [7, 11) is 0. The van der Waals surface area contributed by atoms with Crippen LogP contribution in [0.1, 0.15) is 51.0 Å². The van der Waals surface area contributed by atoms with Crippen molar-refractivity contribution in [2.75, 3.05) is 0 Å². The van der Waals surface area contributed by atoms with E-state index in [-0.39, 0.29) is 5.78 Å². The van der Waals surface area contributed by atoms with E-state index in [9.17, 15) is 4.79 Å². The molecule has 1 aromatic heterocycles. The van der Waals surface area contributed by atoms with Crippen LogP contribution in [0, 0.1) is 0 Å². The van der Waals surface area contributed by atoms with Crippen molar-refractivity contribution in [3.63, 3.8) is 0 Å². The van der Waals surface area contributed by atoms with E-state index in [1.54, 1.807) is 11.3 Å². The van der Waals surface area contributed by atoms with Gasteiger partial charge in [-0.25, -0.2) is 0 Å². The molecule has 0 atom stereocenters. The smallest absolute Gasteiger partial charge is 0.202 e. The van der Waals surface area contributed by atoms with Crippen molar-refractivity contribution in [1.29, 1.82) is 0 Å². The largest absolute Gasteiger partial charge is 0.288 e. The molecule has 0 radical (unpaired) electrons. The van der Waals surface area contributed by atoms with Gasteiger partial charge in [0.1, 0.15) is 0 Å². The van der Waals surface area contributed by atoms with Gasteiger partial charge in [0.05, 0.1) is 4.88 Å². The maximum atomic E-state index is 12.5. The maximum absolute atomic E-state index is 12.5. The van der Waals surface area contributed by atoms with E-state index in [1.165, 1.54) is 28.8 Å². The van der Waals surface area contributed by atoms with Crippen molar-refractivity contribution in [1.82, 2.24) is 0 Å². The lowest BCUT2D eigenvalue weighted by atomic mass is 9.98. The topological polar surface area (TPSA) is 17.1 Å². The van der Waals surface area contributed by atoms with E-state index >= 15 is 0 Å². The summed E-state index contributed by atoms with van der Waals surface area (Å²) >= 11 is 1.70. The van der Waals surface area contributed by atoms with Crippen LogP contribution >= 0.6 is 11.3 Å². The van der Waals surface area contributed by atoms with Gasteiger partial charge in [-0.3, -0.25) is 4.79 Å². The van der Waals surface area contributed by atoms with Crippen LogP contribution in [0.2, 0.25) is 0 Å². The van der Waals surface area contributed by atoms with Gasteiger partial charge in [0.2, 0.25) is 5.78 Å². The lowest BCUT2D eigenvalue weighted by Gasteiger charge is -2.08. The monoisotopic (exact) mass is 270 g/mol. The second-order valence-corrected chi connectivity index (χ2v) is 6.29. The van der Waals surface area contributed by atoms with E-state index in [4.69, 9.17) is 0 Å². The first kappa shape index (κ1) is 12.6. The summed E-state index contributed by atoms with van der Waals surface area (Å²) in [5, 5.41) is 0. The van der Waals surface area contributed by atoms with Crippen LogP contribution in [0.25, 0.3) is 0 Å². The van der Waals surface area contributed by atoms with E-state index in [0.29, 0.717) is 0 Å². The Balaban J connectivity index is 1.92. The van der Waals surface area contributed by atoms with Crippen LogP contribution in [0.4, 0.5) is 0 Å². The summed E-state index contributed by atoms with van der Waals surface area (Å²) < 4.78 is 0. The summed E-state index contributed by atoms with van der Waals surface area (Å²) in [6.45, 7) is 2.12. The molecule has 2 heteroatoms. The minimum absolute atomic E-state index is 0.190. The van der Waals surface area contributed by atoms with Gasteiger partial charge < -0.3 is 0 Å². The van der Waals surface area contributed by atoms with Gasteiger partial charge in [-0.2, -0.15) is 0 Å². The van der Waals surface area contributed by atoms with Crippen molar-refractivity contribution in [3.05, 3.63) is 56.8 Å². The van der Waals surface area contributed by atoms with Crippen LogP contribution in [-0.4, -0.2) is 5.78 Å². The third-order valence-corrected chi connectivity index (χ3v) is 5.05. The number of hydrogen-bond donors (Lipinski definition) is 0. The molecule has 0 N–H and O–H groups in total. The minimum atomic E-state index is 0.190. The zero-order valence-electron chi connectivity index (χ0n) is 11.2. The number of ketones is 1. The van der Waals surface area contributed by atoms with Gasteiger partial charge in [0.25, 0.3) is 0 Å². The van der Waals surface area contributed by atoms with Crippen molar-refractivity contribution >= 4 is 17.1 Å². The Kier molecular flexibility index (Phi) is 3.52. The van der Waals surface area contributed by atoms with Crippen LogP contribution in [0.15, 0.2) is 30.3 Å². The molecule has 1 aromatic carbocycles. The molecule has 0 spiro atoms. The van der Waals surface area contributed by atoms with Crippen LogP contribution < -0.4 is 0 Å². The summed E-state index contributed by atoms with van der Waals surface area (Å²) in [5.74, 6) is 0.190. The molecule has 0 bridgehead atoms. The Morgan fingerprint density at radius 1 is 1.21 bits per heavy atom. The summed E-state index contributed by atoms with van der Waals surface area (Å²) in [6.07, 6.45) is 5.81. The maximum Gasteiger partial charge on any atom is 0.202 e. The van der Waals surface area contributed by atoms with E-state index in [0.717, 1.165) is 29.7 Å². The summed E-state index contributed by atoms with van der Waals surface area (Å²) in [6, 6.07) is 10.1. The Morgan fingerprint density at radius 3 is 2.84 bits per heavy atom. The molecule has 3 rings (SSSR count). The molecule has 1 aliphatic rings. The number of fused-ring (bicyclic) bond motifs is 1. The first-order valence-electron chi connectivity index (χ1n) is 7.03. The van der Waals surface area contributed by atoms with Gasteiger partial charge in [0, 0.05) is 10.4 Å². The predicted octanol–water partition coefficient (Wildman–Crippen LogP) is 4.42. The van der Waals surface area contributed by atoms with Gasteiger partial charge in [-0.1, -0.05) is 25.1 Å². The number of benzene rings is 1. The average Bonchev–Trinajstić information content (AvgIpc) is 2.90. The van der Waals surface area contributed by atoms with Gasteiger partial charge in [0.15, 0.2) is 0 Å². The number of thiophene rings is 1. The molecule has 0 saturated carbocycles. The number of carbonyl (C=O) groups excluding carboxylic acids is 1. The second kappa shape index (κ2) is 5.30. The average molecular weight is 270 g/mol. The highest BCUT2D eigenvalue weighted by molar-refractivity contribution is 7.14. The third kappa shape index (κ3) is 2.50. The molecule has 0 unspecified atom stereocenters. The molecule has 98 valence electrons. The molecule has 19 heavy (non-hydrogen) atoms. The number of rotatable bonds is 3. The summed E-state index contributed by atoms with van der Waals surface area (Å²) in [5.41, 5.74) is 3.47.